The van der Waals surface area contributed by atoms with E-state index in [4.69, 9.17) is 4.74 Å². The van der Waals surface area contributed by atoms with E-state index >= 15 is 0 Å². The second-order valence-corrected chi connectivity index (χ2v) is 5.68. The first kappa shape index (κ1) is 16.6. The molecule has 7 nitrogen and oxygen atoms in total. The van der Waals surface area contributed by atoms with Crippen LogP contribution in [0.5, 0.6) is 0 Å². The lowest BCUT2D eigenvalue weighted by Gasteiger charge is -2.31. The van der Waals surface area contributed by atoms with Crippen molar-refractivity contribution in [2.24, 2.45) is 5.92 Å². The first-order valence-corrected chi connectivity index (χ1v) is 7.64. The molecular weight excluding hydrogens is 284 g/mol. The van der Waals surface area contributed by atoms with Gasteiger partial charge in [-0.3, -0.25) is 9.59 Å². The molecule has 1 unspecified atom stereocenters. The number of hydrogen-bond acceptors (Lipinski definition) is 5. The molecule has 2 heterocycles. The Labute approximate surface area is 130 Å². The van der Waals surface area contributed by atoms with Crippen LogP contribution >= 0.6 is 0 Å². The molecule has 2 rings (SSSR count). The van der Waals surface area contributed by atoms with Crippen LogP contribution in [0.1, 0.15) is 24.4 Å². The highest BCUT2D eigenvalue weighted by molar-refractivity contribution is 5.78. The van der Waals surface area contributed by atoms with Crippen molar-refractivity contribution in [2.75, 3.05) is 33.4 Å². The normalized spacial score (nSPS) is 19.1. The smallest absolute Gasteiger partial charge is 0.251 e. The molecule has 0 saturated carbocycles. The van der Waals surface area contributed by atoms with Crippen LogP contribution in [0.25, 0.3) is 0 Å². The largest absolute Gasteiger partial charge is 0.383 e. The van der Waals surface area contributed by atoms with Crippen molar-refractivity contribution >= 4 is 5.91 Å². The Kier molecular flexibility index (Phi) is 6.09. The Bertz CT molecular complexity index is 558. The number of carbonyl (C=O) groups excluding carboxylic acids is 1. The van der Waals surface area contributed by atoms with Gasteiger partial charge in [0, 0.05) is 32.0 Å². The Hall–Kier alpha value is -1.73. The van der Waals surface area contributed by atoms with E-state index in [1.54, 1.807) is 14.0 Å². The summed E-state index contributed by atoms with van der Waals surface area (Å²) in [6.45, 7) is 5.32. The van der Waals surface area contributed by atoms with Crippen molar-refractivity contribution in [1.82, 2.24) is 20.2 Å². The molecule has 22 heavy (non-hydrogen) atoms. The monoisotopic (exact) mass is 308 g/mol. The molecule has 1 aromatic heterocycles. The quantitative estimate of drug-likeness (QED) is 0.775. The van der Waals surface area contributed by atoms with E-state index in [-0.39, 0.29) is 23.9 Å². The van der Waals surface area contributed by atoms with Gasteiger partial charge in [-0.15, -0.1) is 0 Å². The summed E-state index contributed by atoms with van der Waals surface area (Å²) < 4.78 is 5.08. The van der Waals surface area contributed by atoms with Crippen molar-refractivity contribution in [1.29, 1.82) is 0 Å². The van der Waals surface area contributed by atoms with E-state index in [9.17, 15) is 9.59 Å². The number of likely N-dealkylation sites (tertiary alicyclic amines) is 1. The van der Waals surface area contributed by atoms with Crippen LogP contribution < -0.4 is 10.9 Å². The first-order chi connectivity index (χ1) is 10.6. The number of ether oxygens (including phenoxy) is 1. The Morgan fingerprint density at radius 2 is 2.41 bits per heavy atom. The molecule has 1 saturated heterocycles. The summed E-state index contributed by atoms with van der Waals surface area (Å²) in [5.74, 6) is 0.499. The average molecular weight is 308 g/mol. The zero-order valence-corrected chi connectivity index (χ0v) is 13.2. The molecule has 7 heteroatoms. The zero-order valence-electron chi connectivity index (χ0n) is 13.2. The number of nitrogens with one attached hydrogen (secondary N) is 2. The summed E-state index contributed by atoms with van der Waals surface area (Å²) >= 11 is 0. The molecule has 0 radical (unpaired) electrons. The second kappa shape index (κ2) is 8.05. The average Bonchev–Trinajstić information content (AvgIpc) is 2.50. The van der Waals surface area contributed by atoms with Gasteiger partial charge >= 0.3 is 0 Å². The lowest BCUT2D eigenvalue weighted by Crippen LogP contribution is -2.44. The maximum atomic E-state index is 12.3. The lowest BCUT2D eigenvalue weighted by molar-refractivity contribution is -0.127. The summed E-state index contributed by atoms with van der Waals surface area (Å²) in [5, 5.41) is 2.87. The van der Waals surface area contributed by atoms with E-state index in [1.165, 1.54) is 6.07 Å². The van der Waals surface area contributed by atoms with E-state index in [1.807, 2.05) is 0 Å². The van der Waals surface area contributed by atoms with E-state index in [0.717, 1.165) is 32.5 Å². The van der Waals surface area contributed by atoms with Crippen LogP contribution in [0, 0.1) is 12.8 Å². The number of piperidine rings is 1. The molecule has 1 fully saturated rings. The Balaban J connectivity index is 1.84. The number of aromatic amines is 1. The number of aryl methyl sites for hydroxylation is 1. The van der Waals surface area contributed by atoms with Crippen molar-refractivity contribution in [2.45, 2.75) is 26.3 Å². The predicted octanol–water partition coefficient (Wildman–Crippen LogP) is 0.0529. The van der Waals surface area contributed by atoms with Gasteiger partial charge in [-0.1, -0.05) is 0 Å². The van der Waals surface area contributed by atoms with E-state index in [0.29, 0.717) is 18.1 Å². The first-order valence-electron chi connectivity index (χ1n) is 7.64. The minimum Gasteiger partial charge on any atom is -0.383 e. The Morgan fingerprint density at radius 3 is 3.14 bits per heavy atom. The molecule has 0 bridgehead atoms. The summed E-state index contributed by atoms with van der Waals surface area (Å²) in [4.78, 5) is 32.7. The van der Waals surface area contributed by atoms with Gasteiger partial charge in [-0.2, -0.15) is 0 Å². The molecule has 0 aliphatic carbocycles. The van der Waals surface area contributed by atoms with E-state index < -0.39 is 0 Å². The van der Waals surface area contributed by atoms with Gasteiger partial charge < -0.3 is 19.9 Å². The molecule has 1 atom stereocenters. The summed E-state index contributed by atoms with van der Waals surface area (Å²) in [5.41, 5.74) is 0.455. The highest BCUT2D eigenvalue weighted by atomic mass is 16.5. The second-order valence-electron chi connectivity index (χ2n) is 5.68. The van der Waals surface area contributed by atoms with Crippen molar-refractivity contribution < 1.29 is 9.53 Å². The number of amides is 1. The van der Waals surface area contributed by atoms with E-state index in [2.05, 4.69) is 20.2 Å². The van der Waals surface area contributed by atoms with Crippen molar-refractivity contribution in [3.05, 3.63) is 27.9 Å². The summed E-state index contributed by atoms with van der Waals surface area (Å²) in [6, 6.07) is 1.43. The molecule has 2 N–H and O–H groups in total. The number of carbonyl (C=O) groups is 1. The van der Waals surface area contributed by atoms with Crippen LogP contribution in [0.15, 0.2) is 10.9 Å². The van der Waals surface area contributed by atoms with Gasteiger partial charge in [-0.25, -0.2) is 4.98 Å². The molecule has 0 spiro atoms. The van der Waals surface area contributed by atoms with Gasteiger partial charge in [0.05, 0.1) is 19.1 Å². The van der Waals surface area contributed by atoms with Gasteiger partial charge in [0.15, 0.2) is 0 Å². The minimum atomic E-state index is -0.194. The fourth-order valence-corrected chi connectivity index (χ4v) is 2.73. The van der Waals surface area contributed by atoms with Crippen LogP contribution in [0.3, 0.4) is 0 Å². The van der Waals surface area contributed by atoms with Crippen LogP contribution in [0.4, 0.5) is 0 Å². The highest BCUT2D eigenvalue weighted by Gasteiger charge is 2.25. The van der Waals surface area contributed by atoms with Crippen LogP contribution in [-0.4, -0.2) is 54.1 Å². The fraction of sp³-hybridized carbons (Fsp3) is 0.667. The van der Waals surface area contributed by atoms with Gasteiger partial charge in [0.1, 0.15) is 5.82 Å². The third kappa shape index (κ3) is 4.92. The maximum absolute atomic E-state index is 12.3. The Morgan fingerprint density at radius 1 is 1.59 bits per heavy atom. The highest BCUT2D eigenvalue weighted by Crippen LogP contribution is 2.16. The molecule has 1 aliphatic heterocycles. The minimum absolute atomic E-state index is 0.0119. The molecule has 122 valence electrons. The van der Waals surface area contributed by atoms with Gasteiger partial charge in [-0.05, 0) is 26.3 Å². The number of H-pyrrole nitrogens is 1. The van der Waals surface area contributed by atoms with Gasteiger partial charge in [0.2, 0.25) is 5.91 Å². The topological polar surface area (TPSA) is 87.3 Å². The predicted molar refractivity (Wildman–Crippen MR) is 82.5 cm³/mol. The summed E-state index contributed by atoms with van der Waals surface area (Å²) in [6.07, 6.45) is 1.91. The van der Waals surface area contributed by atoms with Crippen LogP contribution in [-0.2, 0) is 16.1 Å². The SMILES string of the molecule is COCCN1CCCC(C(=O)NCc2nc(C)cc(=O)[nH]2)C1. The fourth-order valence-electron chi connectivity index (χ4n) is 2.73. The van der Waals surface area contributed by atoms with Crippen molar-refractivity contribution in [3.63, 3.8) is 0 Å². The standard InChI is InChI=1S/C15H24N4O3/c1-11-8-14(20)18-13(17-11)9-16-15(21)12-4-3-5-19(10-12)6-7-22-2/h8,12H,3-7,9-10H2,1-2H3,(H,16,21)(H,17,18,20). The number of aromatic nitrogens is 2. The van der Waals surface area contributed by atoms with Crippen LogP contribution in [0.2, 0.25) is 0 Å². The number of hydrogen-bond donors (Lipinski definition) is 2. The maximum Gasteiger partial charge on any atom is 0.251 e. The van der Waals surface area contributed by atoms with Crippen molar-refractivity contribution in [3.8, 4) is 0 Å². The zero-order chi connectivity index (χ0) is 15.9. The summed E-state index contributed by atoms with van der Waals surface area (Å²) in [7, 11) is 1.68. The number of nitrogens with zero attached hydrogens (tertiary/aromatic N) is 2. The third-order valence-corrected chi connectivity index (χ3v) is 3.84. The molecule has 1 aromatic rings. The molecule has 1 aliphatic rings. The molecular formula is C15H24N4O3. The number of methoxy groups -OCH3 is 1. The third-order valence-electron chi connectivity index (χ3n) is 3.84. The lowest BCUT2D eigenvalue weighted by atomic mass is 9.97. The number of rotatable bonds is 6. The molecule has 1 amide bonds. The van der Waals surface area contributed by atoms with Gasteiger partial charge in [0.25, 0.3) is 5.56 Å². The molecule has 0 aromatic carbocycles.